The highest BCUT2D eigenvalue weighted by molar-refractivity contribution is 7.10. The third kappa shape index (κ3) is 5.60. The molecule has 0 fully saturated rings. The van der Waals surface area contributed by atoms with Gasteiger partial charge in [-0.1, -0.05) is 49.1 Å². The van der Waals surface area contributed by atoms with Gasteiger partial charge < -0.3 is 5.73 Å². The van der Waals surface area contributed by atoms with Crippen molar-refractivity contribution < 1.29 is 13.2 Å². The monoisotopic (exact) mass is 480 g/mol. The number of alkyl halides is 3. The van der Waals surface area contributed by atoms with Crippen molar-refractivity contribution in [2.75, 3.05) is 0 Å². The number of aliphatic imine (C=N–C) groups is 1. The Labute approximate surface area is 203 Å². The maximum Gasteiger partial charge on any atom is 0.416 e. The molecular weight excluding hydrogens is 453 g/mol. The van der Waals surface area contributed by atoms with Crippen LogP contribution in [0.1, 0.15) is 54.7 Å². The molecule has 3 rings (SSSR count). The molecule has 34 heavy (non-hydrogen) atoms. The maximum atomic E-state index is 13.1. The molecule has 6 heteroatoms. The molecule has 0 saturated carbocycles. The first-order valence-corrected chi connectivity index (χ1v) is 11.8. The summed E-state index contributed by atoms with van der Waals surface area (Å²) in [5, 5.41) is 2.05. The highest BCUT2D eigenvalue weighted by atomic mass is 32.1. The zero-order valence-electron chi connectivity index (χ0n) is 19.4. The van der Waals surface area contributed by atoms with Crippen LogP contribution >= 0.6 is 11.3 Å². The Kier molecular flexibility index (Phi) is 7.68. The summed E-state index contributed by atoms with van der Waals surface area (Å²) in [5.41, 5.74) is 8.15. The van der Waals surface area contributed by atoms with Crippen molar-refractivity contribution in [3.05, 3.63) is 94.2 Å². The number of hydrogen-bond acceptors (Lipinski definition) is 2. The van der Waals surface area contributed by atoms with Gasteiger partial charge in [-0.3, -0.25) is 4.99 Å². The van der Waals surface area contributed by atoms with Crippen molar-refractivity contribution in [2.45, 2.75) is 44.8 Å². The van der Waals surface area contributed by atoms with E-state index in [1.54, 1.807) is 13.0 Å². The lowest BCUT2D eigenvalue weighted by Crippen LogP contribution is -2.29. The fourth-order valence-corrected chi connectivity index (χ4v) is 5.00. The predicted molar refractivity (Wildman–Crippen MR) is 136 cm³/mol. The lowest BCUT2D eigenvalue weighted by atomic mass is 9.79. The van der Waals surface area contributed by atoms with E-state index in [1.165, 1.54) is 23.5 Å². The first kappa shape index (κ1) is 25.3. The predicted octanol–water partition coefficient (Wildman–Crippen LogP) is 7.76. The van der Waals surface area contributed by atoms with Crippen LogP contribution in [0.3, 0.4) is 0 Å². The van der Waals surface area contributed by atoms with E-state index < -0.39 is 17.3 Å². The topological polar surface area (TPSA) is 38.4 Å². The Morgan fingerprint density at radius 2 is 1.85 bits per heavy atom. The maximum absolute atomic E-state index is 13.1. The molecule has 0 spiro atoms. The molecule has 0 bridgehead atoms. The molecule has 0 aliphatic carbocycles. The van der Waals surface area contributed by atoms with Gasteiger partial charge in [0.25, 0.3) is 0 Å². The quantitative estimate of drug-likeness (QED) is 0.166. The first-order chi connectivity index (χ1) is 16.1. The van der Waals surface area contributed by atoms with E-state index in [0.717, 1.165) is 40.1 Å². The number of hydrogen-bond donors (Lipinski definition) is 1. The van der Waals surface area contributed by atoms with E-state index in [1.807, 2.05) is 43.5 Å². The lowest BCUT2D eigenvalue weighted by Gasteiger charge is -2.32. The minimum atomic E-state index is -4.39. The standard InChI is InChI=1S/C28H27F3N2S/c1-5-7-9-20-10-8-11-22(16-20)23-17-26(34-18-23)27(4,33-19(3)32)25(6-2)21-12-14-24(15-13-21)28(29,30)31/h6,8,10-18,25H,2,5H2,1,3-4H3,(H2,32,33). The van der Waals surface area contributed by atoms with Crippen LogP contribution in [-0.2, 0) is 11.7 Å². The molecule has 176 valence electrons. The molecule has 2 N–H and O–H groups in total. The van der Waals surface area contributed by atoms with Gasteiger partial charge in [-0.2, -0.15) is 13.2 Å². The Bertz CT molecular complexity index is 1240. The number of benzene rings is 2. The van der Waals surface area contributed by atoms with E-state index in [4.69, 9.17) is 10.7 Å². The summed E-state index contributed by atoms with van der Waals surface area (Å²) in [6.07, 6.45) is -1.89. The summed E-state index contributed by atoms with van der Waals surface area (Å²) in [6.45, 7) is 9.62. The van der Waals surface area contributed by atoms with Crippen molar-refractivity contribution >= 4 is 17.2 Å². The van der Waals surface area contributed by atoms with Gasteiger partial charge >= 0.3 is 6.18 Å². The Hall–Kier alpha value is -3.30. The van der Waals surface area contributed by atoms with Crippen molar-refractivity contribution in [2.24, 2.45) is 10.7 Å². The molecule has 0 amide bonds. The number of nitrogens with zero attached hydrogens (tertiary/aromatic N) is 1. The first-order valence-electron chi connectivity index (χ1n) is 10.9. The average Bonchev–Trinajstić information content (AvgIpc) is 3.29. The van der Waals surface area contributed by atoms with E-state index in [2.05, 4.69) is 24.5 Å². The summed E-state index contributed by atoms with van der Waals surface area (Å²) >= 11 is 1.54. The van der Waals surface area contributed by atoms with Crippen LogP contribution in [-0.4, -0.2) is 5.84 Å². The van der Waals surface area contributed by atoms with Crippen LogP contribution in [0.4, 0.5) is 13.2 Å². The third-order valence-electron chi connectivity index (χ3n) is 5.55. The van der Waals surface area contributed by atoms with Gasteiger partial charge in [0.05, 0.1) is 11.4 Å². The fourth-order valence-electron chi connectivity index (χ4n) is 3.93. The van der Waals surface area contributed by atoms with E-state index in [-0.39, 0.29) is 5.92 Å². The van der Waals surface area contributed by atoms with Gasteiger partial charge in [-0.25, -0.2) is 0 Å². The SMILES string of the molecule is C=CC(c1ccc(C(F)(F)F)cc1)C(C)(N=C(C)N)c1cc(-c2cccc(C#CCC)c2)cs1. The van der Waals surface area contributed by atoms with Crippen molar-refractivity contribution in [3.63, 3.8) is 0 Å². The van der Waals surface area contributed by atoms with Gasteiger partial charge in [0.1, 0.15) is 5.54 Å². The van der Waals surface area contributed by atoms with Crippen molar-refractivity contribution in [3.8, 4) is 23.0 Å². The summed E-state index contributed by atoms with van der Waals surface area (Å²) < 4.78 is 39.2. The van der Waals surface area contributed by atoms with E-state index in [0.29, 0.717) is 11.4 Å². The number of nitrogens with two attached hydrogens (primary N) is 1. The number of thiophene rings is 1. The molecule has 0 aliphatic rings. The summed E-state index contributed by atoms with van der Waals surface area (Å²) in [5.74, 6) is 6.24. The third-order valence-corrected chi connectivity index (χ3v) is 6.71. The highest BCUT2D eigenvalue weighted by Crippen LogP contribution is 2.45. The van der Waals surface area contributed by atoms with Crippen LogP contribution in [0.15, 0.2) is 77.6 Å². The van der Waals surface area contributed by atoms with Crippen LogP contribution in [0, 0.1) is 11.8 Å². The minimum absolute atomic E-state index is 0.382. The molecule has 2 unspecified atom stereocenters. The average molecular weight is 481 g/mol. The molecular formula is C28H27F3N2S. The minimum Gasteiger partial charge on any atom is -0.388 e. The highest BCUT2D eigenvalue weighted by Gasteiger charge is 2.37. The normalized spacial score (nSPS) is 14.6. The molecule has 0 aliphatic heterocycles. The molecule has 1 aromatic heterocycles. The van der Waals surface area contributed by atoms with Crippen LogP contribution in [0.2, 0.25) is 0 Å². The van der Waals surface area contributed by atoms with Gasteiger partial charge in [-0.15, -0.1) is 17.9 Å². The molecule has 3 aromatic rings. The van der Waals surface area contributed by atoms with Gasteiger partial charge in [0, 0.05) is 22.8 Å². The second-order valence-corrected chi connectivity index (χ2v) is 9.08. The number of rotatable bonds is 6. The number of halogens is 3. The second-order valence-electron chi connectivity index (χ2n) is 8.17. The molecule has 1 heterocycles. The van der Waals surface area contributed by atoms with Gasteiger partial charge in [0.2, 0.25) is 0 Å². The second kappa shape index (κ2) is 10.3. The zero-order valence-corrected chi connectivity index (χ0v) is 20.2. The van der Waals surface area contributed by atoms with Crippen LogP contribution < -0.4 is 5.73 Å². The van der Waals surface area contributed by atoms with Gasteiger partial charge in [0.15, 0.2) is 0 Å². The smallest absolute Gasteiger partial charge is 0.388 e. The summed E-state index contributed by atoms with van der Waals surface area (Å²) in [7, 11) is 0. The van der Waals surface area contributed by atoms with E-state index in [9.17, 15) is 13.2 Å². The summed E-state index contributed by atoms with van der Waals surface area (Å²) in [6, 6.07) is 15.2. The van der Waals surface area contributed by atoms with Gasteiger partial charge in [-0.05, 0) is 66.2 Å². The number of amidine groups is 1. The molecule has 2 nitrogen and oxygen atoms in total. The van der Waals surface area contributed by atoms with E-state index >= 15 is 0 Å². The molecule has 2 atom stereocenters. The largest absolute Gasteiger partial charge is 0.416 e. The molecule has 2 aromatic carbocycles. The fraction of sp³-hybridized carbons (Fsp3) is 0.250. The molecule has 0 saturated heterocycles. The Balaban J connectivity index is 2.05. The Morgan fingerprint density at radius 1 is 1.15 bits per heavy atom. The molecule has 0 radical (unpaired) electrons. The Morgan fingerprint density at radius 3 is 2.44 bits per heavy atom. The zero-order chi connectivity index (χ0) is 24.9. The summed E-state index contributed by atoms with van der Waals surface area (Å²) in [4.78, 5) is 5.68. The van der Waals surface area contributed by atoms with Crippen molar-refractivity contribution in [1.82, 2.24) is 0 Å². The van der Waals surface area contributed by atoms with Crippen LogP contribution in [0.5, 0.6) is 0 Å². The van der Waals surface area contributed by atoms with Crippen molar-refractivity contribution in [1.29, 1.82) is 0 Å². The van der Waals surface area contributed by atoms with Crippen LogP contribution in [0.25, 0.3) is 11.1 Å². The lowest BCUT2D eigenvalue weighted by molar-refractivity contribution is -0.137.